The van der Waals surface area contributed by atoms with E-state index in [1.54, 1.807) is 6.20 Å². The molecule has 0 radical (unpaired) electrons. The van der Waals surface area contributed by atoms with Gasteiger partial charge in [-0.3, -0.25) is 14.3 Å². The first kappa shape index (κ1) is 21.6. The van der Waals surface area contributed by atoms with Crippen LogP contribution in [-0.4, -0.2) is 69.3 Å². The summed E-state index contributed by atoms with van der Waals surface area (Å²) in [6.07, 6.45) is 6.00. The predicted molar refractivity (Wildman–Crippen MR) is 118 cm³/mol. The van der Waals surface area contributed by atoms with Gasteiger partial charge in [-0.15, -0.1) is 0 Å². The minimum Gasteiger partial charge on any atom is -0.481 e. The topological polar surface area (TPSA) is 78.7 Å². The normalized spacial score (nSPS) is 23.3. The standard InChI is InChI=1S/C24H32N4O3/c1-19-4-6-20(7-5-19)14-22(29)27-16-21-15-26(11-3-13-28-12-2-10-25-28)17-24(21,18-27)9-8-23(30)31/h2,4-7,10,12,21H,3,8-9,11,13-18H2,1H3,(H,30,31)/t21-,24+/m0/s1. The number of nitrogens with zero attached hydrogens (tertiary/aromatic N) is 4. The Morgan fingerprint density at radius 1 is 1.16 bits per heavy atom. The van der Waals surface area contributed by atoms with E-state index in [0.717, 1.165) is 44.7 Å². The quantitative estimate of drug-likeness (QED) is 0.669. The molecule has 166 valence electrons. The number of benzene rings is 1. The highest BCUT2D eigenvalue weighted by Gasteiger charge is 2.52. The van der Waals surface area contributed by atoms with Crippen molar-refractivity contribution >= 4 is 11.9 Å². The number of carbonyl (C=O) groups excluding carboxylic acids is 1. The van der Waals surface area contributed by atoms with Gasteiger partial charge in [-0.1, -0.05) is 29.8 Å². The van der Waals surface area contributed by atoms with E-state index in [9.17, 15) is 14.7 Å². The number of aryl methyl sites for hydroxylation is 2. The maximum Gasteiger partial charge on any atom is 0.303 e. The first-order chi connectivity index (χ1) is 14.9. The molecule has 31 heavy (non-hydrogen) atoms. The molecule has 7 heteroatoms. The molecule has 0 bridgehead atoms. The molecule has 2 aromatic rings. The van der Waals surface area contributed by atoms with Crippen molar-refractivity contribution in [1.82, 2.24) is 19.6 Å². The van der Waals surface area contributed by atoms with E-state index in [1.165, 1.54) is 5.56 Å². The molecular weight excluding hydrogens is 392 g/mol. The van der Waals surface area contributed by atoms with Gasteiger partial charge in [0.15, 0.2) is 0 Å². The molecule has 2 aliphatic rings. The van der Waals surface area contributed by atoms with Gasteiger partial charge in [-0.25, -0.2) is 0 Å². The monoisotopic (exact) mass is 424 g/mol. The lowest BCUT2D eigenvalue weighted by molar-refractivity contribution is -0.137. The second-order valence-electron chi connectivity index (χ2n) is 9.25. The van der Waals surface area contributed by atoms with Gasteiger partial charge in [0.2, 0.25) is 5.91 Å². The molecule has 1 N–H and O–H groups in total. The SMILES string of the molecule is Cc1ccc(CC(=O)N2C[C@@H]3CN(CCCn4cccn4)C[C@]3(CCC(=O)O)C2)cc1. The summed E-state index contributed by atoms with van der Waals surface area (Å²) in [6, 6.07) is 10.0. The summed E-state index contributed by atoms with van der Waals surface area (Å²) in [5, 5.41) is 13.5. The molecule has 2 fully saturated rings. The Morgan fingerprint density at radius 2 is 1.97 bits per heavy atom. The third-order valence-corrected chi connectivity index (χ3v) is 6.92. The molecule has 7 nitrogen and oxygen atoms in total. The molecule has 2 saturated heterocycles. The lowest BCUT2D eigenvalue weighted by Crippen LogP contribution is -2.38. The largest absolute Gasteiger partial charge is 0.481 e. The minimum atomic E-state index is -0.755. The zero-order valence-electron chi connectivity index (χ0n) is 18.2. The van der Waals surface area contributed by atoms with Crippen LogP contribution in [0, 0.1) is 18.3 Å². The molecule has 1 aromatic heterocycles. The number of aliphatic carboxylic acids is 1. The van der Waals surface area contributed by atoms with Crippen LogP contribution in [0.15, 0.2) is 42.7 Å². The summed E-state index contributed by atoms with van der Waals surface area (Å²) in [4.78, 5) is 28.7. The highest BCUT2D eigenvalue weighted by Crippen LogP contribution is 2.46. The number of carboxylic acids is 1. The van der Waals surface area contributed by atoms with Crippen molar-refractivity contribution in [2.75, 3.05) is 32.7 Å². The Bertz CT molecular complexity index is 896. The van der Waals surface area contributed by atoms with E-state index >= 15 is 0 Å². The molecule has 0 aliphatic carbocycles. The number of amides is 1. The van der Waals surface area contributed by atoms with Crippen molar-refractivity contribution in [3.63, 3.8) is 0 Å². The van der Waals surface area contributed by atoms with Crippen molar-refractivity contribution in [3.05, 3.63) is 53.9 Å². The molecule has 1 amide bonds. The van der Waals surface area contributed by atoms with Crippen LogP contribution in [-0.2, 0) is 22.6 Å². The number of likely N-dealkylation sites (tertiary alicyclic amines) is 2. The van der Waals surface area contributed by atoms with Crippen molar-refractivity contribution in [1.29, 1.82) is 0 Å². The lowest BCUT2D eigenvalue weighted by atomic mass is 9.77. The Kier molecular flexibility index (Phi) is 6.41. The first-order valence-electron chi connectivity index (χ1n) is 11.2. The van der Waals surface area contributed by atoms with Crippen LogP contribution < -0.4 is 0 Å². The van der Waals surface area contributed by atoms with E-state index in [4.69, 9.17) is 0 Å². The van der Waals surface area contributed by atoms with Crippen LogP contribution in [0.1, 0.15) is 30.4 Å². The lowest BCUT2D eigenvalue weighted by Gasteiger charge is -2.29. The van der Waals surface area contributed by atoms with Crippen LogP contribution in [0.3, 0.4) is 0 Å². The highest BCUT2D eigenvalue weighted by molar-refractivity contribution is 5.79. The van der Waals surface area contributed by atoms with Crippen LogP contribution in [0.2, 0.25) is 0 Å². The summed E-state index contributed by atoms with van der Waals surface area (Å²) >= 11 is 0. The van der Waals surface area contributed by atoms with Gasteiger partial charge in [0, 0.05) is 57.0 Å². The predicted octanol–water partition coefficient (Wildman–Crippen LogP) is 2.45. The summed E-state index contributed by atoms with van der Waals surface area (Å²) < 4.78 is 1.95. The number of carboxylic acid groups (broad SMARTS) is 1. The summed E-state index contributed by atoms with van der Waals surface area (Å²) in [5.41, 5.74) is 2.12. The molecule has 1 aromatic carbocycles. The maximum absolute atomic E-state index is 13.0. The van der Waals surface area contributed by atoms with E-state index in [-0.39, 0.29) is 17.7 Å². The Balaban J connectivity index is 1.36. The zero-order valence-corrected chi connectivity index (χ0v) is 18.2. The van der Waals surface area contributed by atoms with Crippen molar-refractivity contribution < 1.29 is 14.7 Å². The number of carbonyl (C=O) groups is 2. The summed E-state index contributed by atoms with van der Waals surface area (Å²) in [5.74, 6) is -0.258. The molecule has 4 rings (SSSR count). The van der Waals surface area contributed by atoms with Crippen molar-refractivity contribution in [2.24, 2.45) is 11.3 Å². The third kappa shape index (κ3) is 5.15. The first-order valence-corrected chi connectivity index (χ1v) is 11.2. The van der Waals surface area contributed by atoms with E-state index in [0.29, 0.717) is 25.3 Å². The molecule has 0 saturated carbocycles. The number of rotatable bonds is 9. The average molecular weight is 425 g/mol. The number of fused-ring (bicyclic) bond motifs is 1. The molecule has 2 aliphatic heterocycles. The highest BCUT2D eigenvalue weighted by atomic mass is 16.4. The third-order valence-electron chi connectivity index (χ3n) is 6.92. The second-order valence-corrected chi connectivity index (χ2v) is 9.25. The van der Waals surface area contributed by atoms with Gasteiger partial charge in [0.1, 0.15) is 0 Å². The molecule has 3 heterocycles. The molecular formula is C24H32N4O3. The van der Waals surface area contributed by atoms with Gasteiger partial charge in [-0.05, 0) is 43.9 Å². The Labute approximate surface area is 183 Å². The van der Waals surface area contributed by atoms with Crippen molar-refractivity contribution in [2.45, 2.75) is 39.2 Å². The van der Waals surface area contributed by atoms with Crippen LogP contribution in [0.25, 0.3) is 0 Å². The number of hydrogen-bond acceptors (Lipinski definition) is 4. The van der Waals surface area contributed by atoms with E-state index < -0.39 is 5.97 Å². The van der Waals surface area contributed by atoms with Gasteiger partial charge < -0.3 is 14.9 Å². The van der Waals surface area contributed by atoms with E-state index in [1.807, 2.05) is 53.0 Å². The van der Waals surface area contributed by atoms with Crippen molar-refractivity contribution in [3.8, 4) is 0 Å². The number of aromatic nitrogens is 2. The summed E-state index contributed by atoms with van der Waals surface area (Å²) in [7, 11) is 0. The van der Waals surface area contributed by atoms with Crippen LogP contribution in [0.4, 0.5) is 0 Å². The fourth-order valence-electron chi connectivity index (χ4n) is 5.25. The zero-order chi connectivity index (χ0) is 21.8. The van der Waals surface area contributed by atoms with E-state index in [2.05, 4.69) is 10.00 Å². The van der Waals surface area contributed by atoms with Gasteiger partial charge >= 0.3 is 5.97 Å². The molecule has 0 unspecified atom stereocenters. The molecule has 0 spiro atoms. The van der Waals surface area contributed by atoms with Gasteiger partial charge in [0.05, 0.1) is 6.42 Å². The molecule has 2 atom stereocenters. The Hall–Kier alpha value is -2.67. The Morgan fingerprint density at radius 3 is 2.68 bits per heavy atom. The fraction of sp³-hybridized carbons (Fsp3) is 0.542. The maximum atomic E-state index is 13.0. The second kappa shape index (κ2) is 9.22. The van der Waals surface area contributed by atoms with Gasteiger partial charge in [-0.2, -0.15) is 5.10 Å². The van der Waals surface area contributed by atoms with Gasteiger partial charge in [0.25, 0.3) is 0 Å². The smallest absolute Gasteiger partial charge is 0.303 e. The number of hydrogen-bond donors (Lipinski definition) is 1. The summed E-state index contributed by atoms with van der Waals surface area (Å²) in [6.45, 7) is 7.12. The van der Waals surface area contributed by atoms with Crippen LogP contribution in [0.5, 0.6) is 0 Å². The van der Waals surface area contributed by atoms with Crippen LogP contribution >= 0.6 is 0 Å². The fourth-order valence-corrected chi connectivity index (χ4v) is 5.25. The minimum absolute atomic E-state index is 0.104. The average Bonchev–Trinajstić information content (AvgIpc) is 3.43.